The van der Waals surface area contributed by atoms with Crippen molar-refractivity contribution in [2.45, 2.75) is 19.3 Å². The number of aryl methyl sites for hydroxylation is 1. The summed E-state index contributed by atoms with van der Waals surface area (Å²) in [5.41, 5.74) is 0. The van der Waals surface area contributed by atoms with E-state index in [-0.39, 0.29) is 0 Å². The molecule has 0 unspecified atom stereocenters. The Balaban J connectivity index is 1.76. The van der Waals surface area contributed by atoms with Gasteiger partial charge in [-0.2, -0.15) is 0 Å². The molecule has 0 aliphatic rings. The summed E-state index contributed by atoms with van der Waals surface area (Å²) in [6, 6.07) is 4.35. The molecule has 1 aromatic heterocycles. The van der Waals surface area contributed by atoms with E-state index >= 15 is 0 Å². The van der Waals surface area contributed by atoms with Crippen molar-refractivity contribution in [3.8, 4) is 0 Å². The van der Waals surface area contributed by atoms with Gasteiger partial charge < -0.3 is 15.4 Å². The van der Waals surface area contributed by atoms with Crippen LogP contribution in [0.5, 0.6) is 0 Å². The zero-order valence-corrected chi connectivity index (χ0v) is 11.5. The van der Waals surface area contributed by atoms with Crippen molar-refractivity contribution in [1.29, 1.82) is 0 Å². The van der Waals surface area contributed by atoms with Crippen LogP contribution in [0.25, 0.3) is 0 Å². The molecule has 17 heavy (non-hydrogen) atoms. The predicted octanol–water partition coefficient (Wildman–Crippen LogP) is 1.90. The quantitative estimate of drug-likeness (QED) is 0.593. The molecule has 0 aromatic carbocycles. The molecule has 98 valence electrons. The molecule has 0 spiro atoms. The molecule has 0 atom stereocenters. The molecular formula is C13H24N2OS. The molecular weight excluding hydrogens is 232 g/mol. The number of rotatable bonds is 11. The molecule has 0 radical (unpaired) electrons. The maximum absolute atomic E-state index is 4.95. The summed E-state index contributed by atoms with van der Waals surface area (Å²) in [5.74, 6) is 0. The van der Waals surface area contributed by atoms with Crippen LogP contribution in [0.3, 0.4) is 0 Å². The molecule has 0 aliphatic heterocycles. The summed E-state index contributed by atoms with van der Waals surface area (Å²) >= 11 is 1.86. The average Bonchev–Trinajstić information content (AvgIpc) is 2.85. The minimum absolute atomic E-state index is 0.792. The van der Waals surface area contributed by atoms with Gasteiger partial charge in [-0.05, 0) is 37.3 Å². The fourth-order valence-corrected chi connectivity index (χ4v) is 2.36. The first kappa shape index (κ1) is 14.6. The molecule has 0 saturated carbocycles. The summed E-state index contributed by atoms with van der Waals surface area (Å²) in [5, 5.41) is 8.91. The number of methoxy groups -OCH3 is 1. The third kappa shape index (κ3) is 8.32. The van der Waals surface area contributed by atoms with Crippen molar-refractivity contribution in [2.75, 3.05) is 39.9 Å². The highest BCUT2D eigenvalue weighted by molar-refractivity contribution is 7.09. The molecule has 1 rings (SSSR count). The van der Waals surface area contributed by atoms with E-state index in [1.807, 2.05) is 11.3 Å². The number of hydrogen-bond donors (Lipinski definition) is 2. The summed E-state index contributed by atoms with van der Waals surface area (Å²) in [7, 11) is 1.73. The molecule has 4 heteroatoms. The zero-order chi connectivity index (χ0) is 12.2. The van der Waals surface area contributed by atoms with Crippen molar-refractivity contribution in [1.82, 2.24) is 10.6 Å². The van der Waals surface area contributed by atoms with E-state index in [1.165, 1.54) is 24.1 Å². The molecule has 2 N–H and O–H groups in total. The molecule has 0 aliphatic carbocycles. The Morgan fingerprint density at radius 2 is 1.94 bits per heavy atom. The first-order chi connectivity index (χ1) is 8.43. The summed E-state index contributed by atoms with van der Waals surface area (Å²) in [6.45, 7) is 4.92. The molecule has 0 amide bonds. The summed E-state index contributed by atoms with van der Waals surface area (Å²) in [4.78, 5) is 1.51. The van der Waals surface area contributed by atoms with Crippen LogP contribution in [-0.2, 0) is 11.2 Å². The summed E-state index contributed by atoms with van der Waals surface area (Å²) in [6.07, 6.45) is 3.77. The highest BCUT2D eigenvalue weighted by Gasteiger charge is 1.94. The van der Waals surface area contributed by atoms with E-state index in [1.54, 1.807) is 7.11 Å². The molecule has 1 heterocycles. The molecule has 0 bridgehead atoms. The average molecular weight is 256 g/mol. The van der Waals surface area contributed by atoms with Crippen LogP contribution in [0.15, 0.2) is 17.5 Å². The van der Waals surface area contributed by atoms with Crippen LogP contribution < -0.4 is 10.6 Å². The lowest BCUT2D eigenvalue weighted by Gasteiger charge is -2.05. The smallest absolute Gasteiger partial charge is 0.0587 e. The lowest BCUT2D eigenvalue weighted by Crippen LogP contribution is -2.29. The highest BCUT2D eigenvalue weighted by atomic mass is 32.1. The van der Waals surface area contributed by atoms with Crippen LogP contribution in [0.1, 0.15) is 17.7 Å². The number of ether oxygens (including phenoxy) is 1. The van der Waals surface area contributed by atoms with Gasteiger partial charge in [-0.3, -0.25) is 0 Å². The lowest BCUT2D eigenvalue weighted by atomic mass is 10.2. The fraction of sp³-hybridized carbons (Fsp3) is 0.692. The maximum Gasteiger partial charge on any atom is 0.0587 e. The first-order valence-electron chi connectivity index (χ1n) is 6.36. The van der Waals surface area contributed by atoms with E-state index in [9.17, 15) is 0 Å². The number of hydrogen-bond acceptors (Lipinski definition) is 4. The van der Waals surface area contributed by atoms with Crippen molar-refractivity contribution in [2.24, 2.45) is 0 Å². The van der Waals surface area contributed by atoms with Crippen molar-refractivity contribution >= 4 is 11.3 Å². The van der Waals surface area contributed by atoms with E-state index < -0.39 is 0 Å². The Kier molecular flexibility index (Phi) is 9.23. The lowest BCUT2D eigenvalue weighted by molar-refractivity contribution is 0.199. The predicted molar refractivity (Wildman–Crippen MR) is 74.9 cm³/mol. The Morgan fingerprint density at radius 3 is 2.65 bits per heavy atom. The SMILES string of the molecule is COCCNCCNCCCCc1cccs1. The fourth-order valence-electron chi connectivity index (χ4n) is 1.61. The molecule has 0 fully saturated rings. The summed E-state index contributed by atoms with van der Waals surface area (Å²) < 4.78 is 4.95. The van der Waals surface area contributed by atoms with Gasteiger partial charge in [0.05, 0.1) is 6.61 Å². The second kappa shape index (κ2) is 10.7. The van der Waals surface area contributed by atoms with Gasteiger partial charge >= 0.3 is 0 Å². The number of unbranched alkanes of at least 4 members (excludes halogenated alkanes) is 1. The third-order valence-corrected chi connectivity index (χ3v) is 3.50. The van der Waals surface area contributed by atoms with Gasteiger partial charge in [0.15, 0.2) is 0 Å². The number of nitrogens with one attached hydrogen (secondary N) is 2. The van der Waals surface area contributed by atoms with E-state index in [0.717, 1.165) is 32.8 Å². The van der Waals surface area contributed by atoms with Gasteiger partial charge in [-0.15, -0.1) is 11.3 Å². The van der Waals surface area contributed by atoms with Crippen molar-refractivity contribution in [3.63, 3.8) is 0 Å². The second-order valence-electron chi connectivity index (χ2n) is 4.03. The van der Waals surface area contributed by atoms with Gasteiger partial charge in [0.1, 0.15) is 0 Å². The molecule has 1 aromatic rings. The van der Waals surface area contributed by atoms with E-state index in [0.29, 0.717) is 0 Å². The Hall–Kier alpha value is -0.420. The van der Waals surface area contributed by atoms with Gasteiger partial charge in [-0.25, -0.2) is 0 Å². The number of thiophene rings is 1. The van der Waals surface area contributed by atoms with E-state index in [4.69, 9.17) is 4.74 Å². The Labute approximate surface area is 109 Å². The Bertz CT molecular complexity index is 252. The van der Waals surface area contributed by atoms with Gasteiger partial charge in [-0.1, -0.05) is 6.07 Å². The standard InChI is InChI=1S/C13H24N2OS/c1-16-11-10-15-9-8-14-7-3-2-5-13-6-4-12-17-13/h4,6,12,14-15H,2-3,5,7-11H2,1H3. The second-order valence-corrected chi connectivity index (χ2v) is 5.06. The van der Waals surface area contributed by atoms with Crippen LogP contribution in [0.4, 0.5) is 0 Å². The van der Waals surface area contributed by atoms with Crippen LogP contribution in [0, 0.1) is 0 Å². The van der Waals surface area contributed by atoms with Crippen molar-refractivity contribution < 1.29 is 4.74 Å². The van der Waals surface area contributed by atoms with Crippen LogP contribution in [0.2, 0.25) is 0 Å². The maximum atomic E-state index is 4.95. The topological polar surface area (TPSA) is 33.3 Å². The minimum atomic E-state index is 0.792. The minimum Gasteiger partial charge on any atom is -0.383 e. The normalized spacial score (nSPS) is 10.9. The van der Waals surface area contributed by atoms with Gasteiger partial charge in [0, 0.05) is 31.6 Å². The van der Waals surface area contributed by atoms with Gasteiger partial charge in [0.2, 0.25) is 0 Å². The molecule has 3 nitrogen and oxygen atoms in total. The van der Waals surface area contributed by atoms with Crippen LogP contribution in [-0.4, -0.2) is 39.9 Å². The zero-order valence-electron chi connectivity index (χ0n) is 10.7. The first-order valence-corrected chi connectivity index (χ1v) is 7.24. The van der Waals surface area contributed by atoms with E-state index in [2.05, 4.69) is 28.1 Å². The Morgan fingerprint density at radius 1 is 1.12 bits per heavy atom. The van der Waals surface area contributed by atoms with Crippen molar-refractivity contribution in [3.05, 3.63) is 22.4 Å². The highest BCUT2D eigenvalue weighted by Crippen LogP contribution is 2.11. The molecule has 0 saturated heterocycles. The monoisotopic (exact) mass is 256 g/mol. The van der Waals surface area contributed by atoms with Gasteiger partial charge in [0.25, 0.3) is 0 Å². The van der Waals surface area contributed by atoms with Crippen LogP contribution >= 0.6 is 11.3 Å². The largest absolute Gasteiger partial charge is 0.383 e. The third-order valence-electron chi connectivity index (χ3n) is 2.57.